The van der Waals surface area contributed by atoms with Crippen LogP contribution in [0.15, 0.2) is 52.7 Å². The summed E-state index contributed by atoms with van der Waals surface area (Å²) in [5, 5.41) is 15.8. The van der Waals surface area contributed by atoms with E-state index in [-0.39, 0.29) is 23.1 Å². The topological polar surface area (TPSA) is 112 Å². The molecule has 30 heavy (non-hydrogen) atoms. The van der Waals surface area contributed by atoms with Crippen LogP contribution in [0.3, 0.4) is 0 Å². The van der Waals surface area contributed by atoms with Crippen LogP contribution in [0.25, 0.3) is 11.0 Å². The van der Waals surface area contributed by atoms with Gasteiger partial charge in [-0.3, -0.25) is 14.9 Å². The molecule has 0 spiro atoms. The Labute approximate surface area is 177 Å². The molecule has 0 fully saturated rings. The fourth-order valence-electron chi connectivity index (χ4n) is 2.69. The third-order valence-electron chi connectivity index (χ3n) is 4.12. The molecule has 1 aromatic heterocycles. The highest BCUT2D eigenvalue weighted by Gasteiger charge is 2.15. The zero-order chi connectivity index (χ0) is 21.5. The molecule has 0 unspecified atom stereocenters. The summed E-state index contributed by atoms with van der Waals surface area (Å²) in [4.78, 5) is 27.3. The van der Waals surface area contributed by atoms with Crippen LogP contribution < -0.4 is 10.2 Å². The van der Waals surface area contributed by atoms with Gasteiger partial charge < -0.3 is 9.30 Å². The quantitative estimate of drug-likeness (QED) is 0.242. The Hall–Kier alpha value is -3.40. The Morgan fingerprint density at radius 1 is 1.37 bits per heavy atom. The molecule has 0 aliphatic rings. The number of nitrogens with zero attached hydrogens (tertiary/aromatic N) is 4. The number of nitrogens with one attached hydrogen (secondary N) is 1. The number of rotatable bonds is 9. The van der Waals surface area contributed by atoms with Crippen LogP contribution >= 0.6 is 11.8 Å². The number of thioether (sulfide) groups is 1. The van der Waals surface area contributed by atoms with Gasteiger partial charge in [0.05, 0.1) is 34.5 Å². The summed E-state index contributed by atoms with van der Waals surface area (Å²) in [6, 6.07) is 12.3. The Kier molecular flexibility index (Phi) is 7.02. The number of hydrogen-bond acceptors (Lipinski definition) is 7. The van der Waals surface area contributed by atoms with E-state index in [1.165, 1.54) is 30.1 Å². The number of aryl methyl sites for hydroxylation is 1. The van der Waals surface area contributed by atoms with Crippen molar-refractivity contribution in [2.24, 2.45) is 12.1 Å². The number of para-hydroxylation sites is 2. The van der Waals surface area contributed by atoms with E-state index < -0.39 is 4.92 Å². The molecule has 156 valence electrons. The number of imidazole rings is 1. The summed E-state index contributed by atoms with van der Waals surface area (Å²) in [6.45, 7) is 2.32. The largest absolute Gasteiger partial charge is 0.487 e. The first-order chi connectivity index (χ1) is 14.5. The summed E-state index contributed by atoms with van der Waals surface area (Å²) in [5.74, 6) is 0.0425. The molecule has 0 bridgehead atoms. The molecule has 0 aliphatic heterocycles. The summed E-state index contributed by atoms with van der Waals surface area (Å²) in [6.07, 6.45) is 2.10. The maximum Gasteiger partial charge on any atom is 0.311 e. The summed E-state index contributed by atoms with van der Waals surface area (Å²) in [7, 11) is 1.90. The average Bonchev–Trinajstić information content (AvgIpc) is 3.07. The number of amides is 1. The van der Waals surface area contributed by atoms with Crippen LogP contribution in [0.4, 0.5) is 5.69 Å². The van der Waals surface area contributed by atoms with E-state index in [1.807, 2.05) is 42.8 Å². The number of benzene rings is 2. The molecular weight excluding hydrogens is 406 g/mol. The lowest BCUT2D eigenvalue weighted by Gasteiger charge is -2.05. The molecule has 1 amide bonds. The van der Waals surface area contributed by atoms with Crippen molar-refractivity contribution in [3.63, 3.8) is 0 Å². The molecule has 3 rings (SSSR count). The maximum atomic E-state index is 12.1. The summed E-state index contributed by atoms with van der Waals surface area (Å²) >= 11 is 1.30. The predicted molar refractivity (Wildman–Crippen MR) is 116 cm³/mol. The van der Waals surface area contributed by atoms with E-state index in [1.54, 1.807) is 6.07 Å². The molecule has 0 aliphatic carbocycles. The van der Waals surface area contributed by atoms with Gasteiger partial charge in [0.25, 0.3) is 5.91 Å². The second-order valence-corrected chi connectivity index (χ2v) is 7.30. The van der Waals surface area contributed by atoms with Gasteiger partial charge in [0.1, 0.15) is 0 Å². The lowest BCUT2D eigenvalue weighted by atomic mass is 10.2. The van der Waals surface area contributed by atoms with Gasteiger partial charge in [0, 0.05) is 18.7 Å². The maximum absolute atomic E-state index is 12.1. The minimum Gasteiger partial charge on any atom is -0.487 e. The number of carbonyl (C=O) groups is 1. The summed E-state index contributed by atoms with van der Waals surface area (Å²) in [5.41, 5.74) is 4.62. The van der Waals surface area contributed by atoms with Crippen LogP contribution in [0.5, 0.6) is 5.75 Å². The minimum absolute atomic E-state index is 0.137. The third kappa shape index (κ3) is 5.15. The molecule has 3 aromatic rings. The van der Waals surface area contributed by atoms with Gasteiger partial charge in [-0.05, 0) is 30.7 Å². The molecule has 0 saturated carbocycles. The van der Waals surface area contributed by atoms with Gasteiger partial charge in [-0.1, -0.05) is 30.8 Å². The second-order valence-electron chi connectivity index (χ2n) is 6.36. The van der Waals surface area contributed by atoms with Crippen LogP contribution in [0, 0.1) is 10.1 Å². The van der Waals surface area contributed by atoms with Crippen molar-refractivity contribution in [3.8, 4) is 5.75 Å². The number of nitro groups is 1. The fraction of sp³-hybridized carbons (Fsp3) is 0.250. The van der Waals surface area contributed by atoms with Gasteiger partial charge in [-0.25, -0.2) is 10.4 Å². The smallest absolute Gasteiger partial charge is 0.311 e. The standard InChI is InChI=1S/C20H21N5O4S/c1-3-10-29-18-9-8-14(11-17(18)25(27)28)12-21-23-19(26)13-30-20-22-15-6-4-5-7-16(15)24(20)2/h4-9,11-12H,3,10,13H2,1-2H3,(H,23,26)/b21-12-. The number of aromatic nitrogens is 2. The van der Waals surface area contributed by atoms with Gasteiger partial charge in [0.15, 0.2) is 10.9 Å². The summed E-state index contributed by atoms with van der Waals surface area (Å²) < 4.78 is 7.31. The average molecular weight is 427 g/mol. The molecular formula is C20H21N5O4S. The van der Waals surface area contributed by atoms with Crippen molar-refractivity contribution in [1.82, 2.24) is 15.0 Å². The molecule has 2 aromatic carbocycles. The van der Waals surface area contributed by atoms with Gasteiger partial charge in [-0.2, -0.15) is 5.10 Å². The van der Waals surface area contributed by atoms with E-state index in [2.05, 4.69) is 15.5 Å². The zero-order valence-corrected chi connectivity index (χ0v) is 17.4. The number of ether oxygens (including phenoxy) is 1. The van der Waals surface area contributed by atoms with Crippen molar-refractivity contribution < 1.29 is 14.5 Å². The highest BCUT2D eigenvalue weighted by atomic mass is 32.2. The lowest BCUT2D eigenvalue weighted by Crippen LogP contribution is -2.19. The van der Waals surface area contributed by atoms with Crippen molar-refractivity contribution >= 4 is 40.6 Å². The monoisotopic (exact) mass is 427 g/mol. The Balaban J connectivity index is 1.58. The predicted octanol–water partition coefficient (Wildman–Crippen LogP) is 3.51. The van der Waals surface area contributed by atoms with Crippen molar-refractivity contribution in [2.75, 3.05) is 12.4 Å². The first-order valence-electron chi connectivity index (χ1n) is 9.27. The Bertz CT molecular complexity index is 1100. The van der Waals surface area contributed by atoms with E-state index in [0.29, 0.717) is 12.2 Å². The van der Waals surface area contributed by atoms with E-state index in [4.69, 9.17) is 4.74 Å². The van der Waals surface area contributed by atoms with E-state index in [0.717, 1.165) is 22.6 Å². The number of nitro benzene ring substituents is 1. The zero-order valence-electron chi connectivity index (χ0n) is 16.6. The highest BCUT2D eigenvalue weighted by Crippen LogP contribution is 2.27. The first-order valence-corrected chi connectivity index (χ1v) is 10.3. The van der Waals surface area contributed by atoms with Gasteiger partial charge >= 0.3 is 5.69 Å². The molecule has 0 saturated heterocycles. The molecule has 0 atom stereocenters. The SMILES string of the molecule is CCCOc1ccc(/C=N\NC(=O)CSc2nc3ccccc3n2C)cc1[N+](=O)[O-]. The number of fused-ring (bicyclic) bond motifs is 1. The van der Waals surface area contributed by atoms with Gasteiger partial charge in [0.2, 0.25) is 0 Å². The normalized spacial score (nSPS) is 11.1. The Morgan fingerprint density at radius 2 is 2.17 bits per heavy atom. The first kappa shape index (κ1) is 21.3. The second kappa shape index (κ2) is 9.88. The van der Waals surface area contributed by atoms with Crippen LogP contribution in [-0.2, 0) is 11.8 Å². The molecule has 10 heteroatoms. The minimum atomic E-state index is -0.506. The fourth-order valence-corrected chi connectivity index (χ4v) is 3.46. The van der Waals surface area contributed by atoms with Crippen molar-refractivity contribution in [2.45, 2.75) is 18.5 Å². The molecule has 1 heterocycles. The lowest BCUT2D eigenvalue weighted by molar-refractivity contribution is -0.385. The van der Waals surface area contributed by atoms with Crippen LogP contribution in [-0.4, -0.2) is 39.0 Å². The highest BCUT2D eigenvalue weighted by molar-refractivity contribution is 7.99. The van der Waals surface area contributed by atoms with Crippen LogP contribution in [0.2, 0.25) is 0 Å². The van der Waals surface area contributed by atoms with Gasteiger partial charge in [-0.15, -0.1) is 0 Å². The van der Waals surface area contributed by atoms with Crippen molar-refractivity contribution in [1.29, 1.82) is 0 Å². The molecule has 0 radical (unpaired) electrons. The number of hydrogen-bond donors (Lipinski definition) is 1. The Morgan fingerprint density at radius 3 is 2.90 bits per heavy atom. The number of carbonyl (C=O) groups excluding carboxylic acids is 1. The van der Waals surface area contributed by atoms with E-state index >= 15 is 0 Å². The van der Waals surface area contributed by atoms with Crippen molar-refractivity contribution in [3.05, 3.63) is 58.1 Å². The molecule has 9 nitrogen and oxygen atoms in total. The molecule has 1 N–H and O–H groups in total. The third-order valence-corrected chi connectivity index (χ3v) is 5.15. The number of hydrazone groups is 1. The van der Waals surface area contributed by atoms with E-state index in [9.17, 15) is 14.9 Å². The van der Waals surface area contributed by atoms with Crippen LogP contribution in [0.1, 0.15) is 18.9 Å².